The van der Waals surface area contributed by atoms with E-state index in [0.717, 1.165) is 19.4 Å². The van der Waals surface area contributed by atoms with E-state index in [-0.39, 0.29) is 36.6 Å². The number of aliphatic imine (C=N–C) groups is 1. The van der Waals surface area contributed by atoms with E-state index in [1.165, 1.54) is 11.9 Å². The lowest BCUT2D eigenvalue weighted by molar-refractivity contribution is -0.142. The number of nitrogens with zero attached hydrogens (tertiary/aromatic N) is 2. The fraction of sp³-hybridized carbons (Fsp3) is 0.929. The molecule has 24 heavy (non-hydrogen) atoms. The number of guanidine groups is 1. The predicted octanol–water partition coefficient (Wildman–Crippen LogP) is 1.46. The summed E-state index contributed by atoms with van der Waals surface area (Å²) in [5.74, 6) is 0.578. The summed E-state index contributed by atoms with van der Waals surface area (Å²) in [6, 6.07) is 0. The lowest BCUT2D eigenvalue weighted by Gasteiger charge is -2.19. The average molecular weight is 468 g/mol. The van der Waals surface area contributed by atoms with Gasteiger partial charge in [0.05, 0.1) is 19.3 Å². The van der Waals surface area contributed by atoms with E-state index in [4.69, 9.17) is 9.47 Å². The molecular formula is C14H28F3IN4O2. The summed E-state index contributed by atoms with van der Waals surface area (Å²) >= 11 is 0. The Labute approximate surface area is 158 Å². The van der Waals surface area contributed by atoms with Gasteiger partial charge in [0, 0.05) is 39.9 Å². The third-order valence-electron chi connectivity index (χ3n) is 3.31. The first kappa shape index (κ1) is 23.7. The van der Waals surface area contributed by atoms with Crippen LogP contribution in [0.4, 0.5) is 13.2 Å². The third-order valence-corrected chi connectivity index (χ3v) is 3.31. The highest BCUT2D eigenvalue weighted by atomic mass is 127. The van der Waals surface area contributed by atoms with Crippen LogP contribution in [0.1, 0.15) is 12.8 Å². The Bertz CT molecular complexity index is 353. The number of nitrogens with one attached hydrogen (secondary N) is 2. The molecular weight excluding hydrogens is 440 g/mol. The highest BCUT2D eigenvalue weighted by molar-refractivity contribution is 14.0. The molecule has 1 unspecified atom stereocenters. The van der Waals surface area contributed by atoms with Crippen LogP contribution in [0, 0.1) is 0 Å². The number of hydrogen-bond donors (Lipinski definition) is 2. The smallest absolute Gasteiger partial charge is 0.379 e. The minimum atomic E-state index is -4.17. The molecule has 0 aromatic heterocycles. The third kappa shape index (κ3) is 12.1. The monoisotopic (exact) mass is 468 g/mol. The molecule has 6 nitrogen and oxygen atoms in total. The van der Waals surface area contributed by atoms with E-state index in [2.05, 4.69) is 15.6 Å². The lowest BCUT2D eigenvalue weighted by atomic mass is 10.3. The highest BCUT2D eigenvalue weighted by Crippen LogP contribution is 2.14. The van der Waals surface area contributed by atoms with Crippen molar-refractivity contribution in [3.05, 3.63) is 0 Å². The van der Waals surface area contributed by atoms with Gasteiger partial charge in [-0.05, 0) is 19.9 Å². The molecule has 1 atom stereocenters. The Hall–Kier alpha value is -0.330. The first-order valence-corrected chi connectivity index (χ1v) is 7.80. The molecule has 0 bridgehead atoms. The fourth-order valence-electron chi connectivity index (χ4n) is 2.14. The van der Waals surface area contributed by atoms with Gasteiger partial charge in [0.15, 0.2) is 5.96 Å². The summed E-state index contributed by atoms with van der Waals surface area (Å²) in [4.78, 5) is 5.25. The Kier molecular flexibility index (Phi) is 12.8. The summed E-state index contributed by atoms with van der Waals surface area (Å²) in [7, 11) is 3.07. The van der Waals surface area contributed by atoms with E-state index >= 15 is 0 Å². The van der Waals surface area contributed by atoms with Gasteiger partial charge in [0.2, 0.25) is 0 Å². The minimum Gasteiger partial charge on any atom is -0.379 e. The van der Waals surface area contributed by atoms with Crippen molar-refractivity contribution in [3.8, 4) is 0 Å². The zero-order valence-electron chi connectivity index (χ0n) is 14.2. The number of hydrogen-bond acceptors (Lipinski definition) is 4. The molecule has 1 fully saturated rings. The highest BCUT2D eigenvalue weighted by Gasteiger charge is 2.28. The molecule has 1 aliphatic rings. The van der Waals surface area contributed by atoms with Crippen molar-refractivity contribution in [2.75, 3.05) is 60.1 Å². The second-order valence-corrected chi connectivity index (χ2v) is 5.49. The number of rotatable bonds is 9. The van der Waals surface area contributed by atoms with E-state index in [9.17, 15) is 13.2 Å². The Morgan fingerprint density at radius 1 is 1.33 bits per heavy atom. The van der Waals surface area contributed by atoms with E-state index in [1.54, 1.807) is 7.05 Å². The Morgan fingerprint density at radius 2 is 2.04 bits per heavy atom. The molecule has 2 N–H and O–H groups in total. The molecule has 144 valence electrons. The molecule has 0 radical (unpaired) electrons. The van der Waals surface area contributed by atoms with Crippen molar-refractivity contribution in [2.45, 2.75) is 25.1 Å². The Balaban J connectivity index is 0.00000529. The predicted molar refractivity (Wildman–Crippen MR) is 98.1 cm³/mol. The summed E-state index contributed by atoms with van der Waals surface area (Å²) in [6.07, 6.45) is -2.19. The summed E-state index contributed by atoms with van der Waals surface area (Å²) < 4.78 is 47.4. The van der Waals surface area contributed by atoms with Crippen molar-refractivity contribution in [1.29, 1.82) is 0 Å². The second kappa shape index (κ2) is 13.0. The molecule has 1 heterocycles. The van der Waals surface area contributed by atoms with Crippen LogP contribution < -0.4 is 10.6 Å². The zero-order chi connectivity index (χ0) is 17.1. The maximum Gasteiger partial charge on any atom is 0.401 e. The standard InChI is InChI=1S/C14H27F3N4O2.HI/c1-18-13(20-6-7-21(2)11-14(15,16)17)19-5-3-8-23-12-4-9-22-10-12;/h12H,3-11H2,1-2H3,(H2,18,19,20);1H. The van der Waals surface area contributed by atoms with Gasteiger partial charge in [0.25, 0.3) is 0 Å². The van der Waals surface area contributed by atoms with E-state index in [1.807, 2.05) is 0 Å². The first-order valence-electron chi connectivity index (χ1n) is 7.80. The molecule has 0 aromatic carbocycles. The molecule has 1 aliphatic heterocycles. The summed E-state index contributed by atoms with van der Waals surface area (Å²) in [6.45, 7) is 2.53. The van der Waals surface area contributed by atoms with Crippen molar-refractivity contribution in [3.63, 3.8) is 0 Å². The van der Waals surface area contributed by atoms with Gasteiger partial charge >= 0.3 is 6.18 Å². The number of halogens is 4. The van der Waals surface area contributed by atoms with Crippen LogP contribution >= 0.6 is 24.0 Å². The van der Waals surface area contributed by atoms with Crippen molar-refractivity contribution in [2.24, 2.45) is 4.99 Å². The van der Waals surface area contributed by atoms with Crippen LogP contribution in [0.2, 0.25) is 0 Å². The van der Waals surface area contributed by atoms with E-state index < -0.39 is 12.7 Å². The van der Waals surface area contributed by atoms with Gasteiger partial charge in [-0.1, -0.05) is 0 Å². The molecule has 0 amide bonds. The fourth-order valence-corrected chi connectivity index (χ4v) is 2.14. The quantitative estimate of drug-likeness (QED) is 0.232. The summed E-state index contributed by atoms with van der Waals surface area (Å²) in [5.41, 5.74) is 0. The molecule has 1 rings (SSSR count). The molecule has 10 heteroatoms. The van der Waals surface area contributed by atoms with Gasteiger partial charge in [-0.3, -0.25) is 9.89 Å². The van der Waals surface area contributed by atoms with Crippen LogP contribution in [0.25, 0.3) is 0 Å². The zero-order valence-corrected chi connectivity index (χ0v) is 16.5. The van der Waals surface area contributed by atoms with Crippen molar-refractivity contribution < 1.29 is 22.6 Å². The number of alkyl halides is 3. The van der Waals surface area contributed by atoms with Crippen LogP contribution in [-0.4, -0.2) is 83.2 Å². The molecule has 0 spiro atoms. The maximum atomic E-state index is 12.2. The van der Waals surface area contributed by atoms with Crippen LogP contribution in [0.15, 0.2) is 4.99 Å². The summed E-state index contributed by atoms with van der Waals surface area (Å²) in [5, 5.41) is 6.09. The molecule has 1 saturated heterocycles. The number of likely N-dealkylation sites (N-methyl/N-ethyl adjacent to an activating group) is 1. The molecule has 0 aliphatic carbocycles. The topological polar surface area (TPSA) is 58.1 Å². The van der Waals surface area contributed by atoms with Crippen LogP contribution in [-0.2, 0) is 9.47 Å². The van der Waals surface area contributed by atoms with Crippen LogP contribution in [0.3, 0.4) is 0 Å². The van der Waals surface area contributed by atoms with Gasteiger partial charge in [-0.2, -0.15) is 13.2 Å². The molecule has 0 saturated carbocycles. The second-order valence-electron chi connectivity index (χ2n) is 5.49. The first-order chi connectivity index (χ1) is 10.9. The normalized spacial score (nSPS) is 18.6. The number of ether oxygens (including phenoxy) is 2. The van der Waals surface area contributed by atoms with Crippen LogP contribution in [0.5, 0.6) is 0 Å². The van der Waals surface area contributed by atoms with Gasteiger partial charge < -0.3 is 20.1 Å². The van der Waals surface area contributed by atoms with Crippen molar-refractivity contribution in [1.82, 2.24) is 15.5 Å². The van der Waals surface area contributed by atoms with Crippen molar-refractivity contribution >= 4 is 29.9 Å². The lowest BCUT2D eigenvalue weighted by Crippen LogP contribution is -2.42. The van der Waals surface area contributed by atoms with Gasteiger partial charge in [0.1, 0.15) is 0 Å². The van der Waals surface area contributed by atoms with Gasteiger partial charge in [-0.15, -0.1) is 24.0 Å². The molecule has 0 aromatic rings. The average Bonchev–Trinajstić information content (AvgIpc) is 2.96. The minimum absolute atomic E-state index is 0. The SMILES string of the molecule is CN=C(NCCCOC1CCOC1)NCCN(C)CC(F)(F)F.I. The Morgan fingerprint density at radius 3 is 2.62 bits per heavy atom. The maximum absolute atomic E-state index is 12.2. The van der Waals surface area contributed by atoms with Gasteiger partial charge in [-0.25, -0.2) is 0 Å². The largest absolute Gasteiger partial charge is 0.401 e. The van der Waals surface area contributed by atoms with E-state index in [0.29, 0.717) is 32.3 Å².